The van der Waals surface area contributed by atoms with Gasteiger partial charge < -0.3 is 30.5 Å². The van der Waals surface area contributed by atoms with Crippen LogP contribution >= 0.6 is 11.6 Å². The number of alkyl halides is 3. The highest BCUT2D eigenvalue weighted by molar-refractivity contribution is 6.31. The third-order valence-electron chi connectivity index (χ3n) is 6.93. The van der Waals surface area contributed by atoms with Gasteiger partial charge in [0, 0.05) is 17.0 Å². The Hall–Kier alpha value is -5.11. The first-order valence-electron chi connectivity index (χ1n) is 14.4. The molecule has 0 saturated carbocycles. The molecule has 0 radical (unpaired) electrons. The average molecular weight is 692 g/mol. The third kappa shape index (κ3) is 10.7. The average Bonchev–Trinajstić information content (AvgIpc) is 3.04. The fraction of sp³-hybridized carbons (Fsp3) is 0.303. The van der Waals surface area contributed by atoms with Crippen molar-refractivity contribution >= 4 is 41.1 Å². The zero-order chi connectivity index (χ0) is 35.6. The van der Waals surface area contributed by atoms with Crippen molar-refractivity contribution in [2.45, 2.75) is 44.6 Å². The first kappa shape index (κ1) is 37.3. The Balaban J connectivity index is 1.99. The standard InChI is InChI=1S/C33H33ClF3N3O8/c1-18(2)27(29(43)33(35,36)37)39-32(46)28(20-10-12-23(47-3)13-11-20)40-31(45)25(38-30(44)21-7-5-8-22(34)16-21)15-19-6-4-9-24(14-19)48-17-26(41)42/h4-14,16,18,25,27-28H,15,17H2,1-3H3,(H,38,44)(H,39,46)(H,40,45)(H,41,42)/t25-,27-,28-/m0/s1. The monoisotopic (exact) mass is 691 g/mol. The molecule has 48 heavy (non-hydrogen) atoms. The predicted molar refractivity (Wildman–Crippen MR) is 168 cm³/mol. The lowest BCUT2D eigenvalue weighted by atomic mass is 9.97. The van der Waals surface area contributed by atoms with Gasteiger partial charge in [-0.15, -0.1) is 0 Å². The molecule has 3 aromatic rings. The number of Topliss-reactive ketones (excluding diaryl/α,β-unsaturated/α-hetero) is 1. The van der Waals surface area contributed by atoms with Gasteiger partial charge >= 0.3 is 12.1 Å². The summed E-state index contributed by atoms with van der Waals surface area (Å²) in [5, 5.41) is 16.4. The summed E-state index contributed by atoms with van der Waals surface area (Å²) >= 11 is 6.03. The van der Waals surface area contributed by atoms with Crippen LogP contribution < -0.4 is 25.4 Å². The minimum absolute atomic E-state index is 0.105. The largest absolute Gasteiger partial charge is 0.497 e. The molecule has 0 heterocycles. The van der Waals surface area contributed by atoms with Gasteiger partial charge in [-0.1, -0.05) is 55.8 Å². The molecule has 0 aliphatic heterocycles. The minimum atomic E-state index is -5.24. The molecule has 3 atom stereocenters. The van der Waals surface area contributed by atoms with Crippen molar-refractivity contribution in [2.75, 3.05) is 13.7 Å². The Morgan fingerprint density at radius 2 is 1.52 bits per heavy atom. The van der Waals surface area contributed by atoms with E-state index in [1.165, 1.54) is 87.7 Å². The Kier molecular flexibility index (Phi) is 12.9. The number of hydrogen-bond acceptors (Lipinski definition) is 7. The summed E-state index contributed by atoms with van der Waals surface area (Å²) in [7, 11) is 1.39. The molecule has 0 aliphatic carbocycles. The number of ketones is 1. The number of ether oxygens (including phenoxy) is 2. The summed E-state index contributed by atoms with van der Waals surface area (Å²) in [6, 6.07) is 12.7. The predicted octanol–water partition coefficient (Wildman–Crippen LogP) is 4.28. The van der Waals surface area contributed by atoms with Crippen molar-refractivity contribution in [1.82, 2.24) is 16.0 Å². The number of carbonyl (C=O) groups is 5. The summed E-state index contributed by atoms with van der Waals surface area (Å²) in [6.07, 6.45) is -5.43. The van der Waals surface area contributed by atoms with E-state index in [9.17, 15) is 37.1 Å². The van der Waals surface area contributed by atoms with Crippen LogP contribution in [0.3, 0.4) is 0 Å². The number of amides is 3. The normalized spacial score (nSPS) is 13.1. The molecule has 0 saturated heterocycles. The number of aliphatic carboxylic acids is 1. The van der Waals surface area contributed by atoms with Crippen molar-refractivity contribution in [3.05, 3.63) is 94.5 Å². The SMILES string of the molecule is COc1ccc([C@H](NC(=O)[C@H](Cc2cccc(OCC(=O)O)c2)NC(=O)c2cccc(Cl)c2)C(=O)N[C@H](C(=O)C(F)(F)F)C(C)C)cc1. The van der Waals surface area contributed by atoms with Gasteiger partial charge in [-0.25, -0.2) is 4.79 Å². The summed E-state index contributed by atoms with van der Waals surface area (Å²) in [4.78, 5) is 63.8. The van der Waals surface area contributed by atoms with Gasteiger partial charge in [-0.2, -0.15) is 13.2 Å². The van der Waals surface area contributed by atoms with Crippen LogP contribution in [0.25, 0.3) is 0 Å². The number of carbonyl (C=O) groups excluding carboxylic acids is 4. The highest BCUT2D eigenvalue weighted by Crippen LogP contribution is 2.24. The maximum atomic E-state index is 13.9. The van der Waals surface area contributed by atoms with E-state index in [0.29, 0.717) is 11.3 Å². The smallest absolute Gasteiger partial charge is 0.452 e. The zero-order valence-electron chi connectivity index (χ0n) is 26.0. The number of carboxylic acids is 1. The van der Waals surface area contributed by atoms with Crippen molar-refractivity contribution in [3.8, 4) is 11.5 Å². The quantitative estimate of drug-likeness (QED) is 0.184. The Morgan fingerprint density at radius 3 is 2.10 bits per heavy atom. The minimum Gasteiger partial charge on any atom is -0.497 e. The van der Waals surface area contributed by atoms with Crippen molar-refractivity contribution in [1.29, 1.82) is 0 Å². The van der Waals surface area contributed by atoms with Crippen molar-refractivity contribution in [2.24, 2.45) is 5.92 Å². The number of carboxylic acid groups (broad SMARTS) is 1. The van der Waals surface area contributed by atoms with Gasteiger partial charge in [0.25, 0.3) is 11.7 Å². The molecule has 3 rings (SSSR count). The number of halogens is 4. The number of benzene rings is 3. The Bertz CT molecular complexity index is 1630. The first-order chi connectivity index (χ1) is 22.6. The van der Waals surface area contributed by atoms with Crippen molar-refractivity contribution < 1.29 is 51.7 Å². The molecule has 0 bridgehead atoms. The van der Waals surface area contributed by atoms with Crippen LogP contribution in [0.15, 0.2) is 72.8 Å². The van der Waals surface area contributed by atoms with E-state index in [1.807, 2.05) is 0 Å². The van der Waals surface area contributed by atoms with Crippen LogP contribution in [-0.2, 0) is 25.6 Å². The molecule has 11 nitrogen and oxygen atoms in total. The highest BCUT2D eigenvalue weighted by atomic mass is 35.5. The summed E-state index contributed by atoms with van der Waals surface area (Å²) in [6.45, 7) is 2.02. The lowest BCUT2D eigenvalue weighted by Gasteiger charge is -2.27. The number of hydrogen-bond donors (Lipinski definition) is 4. The van der Waals surface area contributed by atoms with Crippen molar-refractivity contribution in [3.63, 3.8) is 0 Å². The number of rotatable bonds is 15. The molecule has 3 aromatic carbocycles. The van der Waals surface area contributed by atoms with E-state index in [1.54, 1.807) is 6.07 Å². The number of methoxy groups -OCH3 is 1. The molecule has 3 amide bonds. The molecule has 0 aliphatic rings. The lowest BCUT2D eigenvalue weighted by Crippen LogP contribution is -2.55. The van der Waals surface area contributed by atoms with Crippen LogP contribution in [0.4, 0.5) is 13.2 Å². The molecular formula is C33H33ClF3N3O8. The fourth-order valence-corrected chi connectivity index (χ4v) is 4.70. The van der Waals surface area contributed by atoms with Crippen LogP contribution in [0, 0.1) is 5.92 Å². The van der Waals surface area contributed by atoms with E-state index in [2.05, 4.69) is 16.0 Å². The van der Waals surface area contributed by atoms with E-state index < -0.39 is 66.3 Å². The maximum Gasteiger partial charge on any atom is 0.452 e. The molecule has 0 unspecified atom stereocenters. The first-order valence-corrected chi connectivity index (χ1v) is 14.8. The van der Waals surface area contributed by atoms with Gasteiger partial charge in [0.1, 0.15) is 23.6 Å². The van der Waals surface area contributed by atoms with Gasteiger partial charge in [0.2, 0.25) is 11.8 Å². The topological polar surface area (TPSA) is 160 Å². The second-order valence-corrected chi connectivity index (χ2v) is 11.3. The molecule has 4 N–H and O–H groups in total. The number of nitrogens with one attached hydrogen (secondary N) is 3. The summed E-state index contributed by atoms with van der Waals surface area (Å²) in [5.74, 6) is -6.54. The lowest BCUT2D eigenvalue weighted by molar-refractivity contribution is -0.175. The van der Waals surface area contributed by atoms with Crippen LogP contribution in [-0.4, -0.2) is 66.6 Å². The summed E-state index contributed by atoms with van der Waals surface area (Å²) in [5.41, 5.74) is 0.659. The summed E-state index contributed by atoms with van der Waals surface area (Å²) < 4.78 is 50.5. The van der Waals surface area contributed by atoms with E-state index in [4.69, 9.17) is 26.2 Å². The highest BCUT2D eigenvalue weighted by Gasteiger charge is 2.45. The van der Waals surface area contributed by atoms with E-state index >= 15 is 0 Å². The van der Waals surface area contributed by atoms with Gasteiger partial charge in [-0.05, 0) is 59.5 Å². The molecular weight excluding hydrogens is 659 g/mol. The zero-order valence-corrected chi connectivity index (χ0v) is 26.7. The molecule has 0 spiro atoms. The van der Waals surface area contributed by atoms with E-state index in [0.717, 1.165) is 0 Å². The van der Waals surface area contributed by atoms with E-state index in [-0.39, 0.29) is 28.3 Å². The molecule has 0 fully saturated rings. The van der Waals surface area contributed by atoms with Gasteiger partial charge in [-0.3, -0.25) is 19.2 Å². The third-order valence-corrected chi connectivity index (χ3v) is 7.17. The maximum absolute atomic E-state index is 13.9. The molecule has 256 valence electrons. The Labute approximate surface area is 278 Å². The van der Waals surface area contributed by atoms with Crippen LogP contribution in [0.1, 0.15) is 41.4 Å². The molecule has 0 aromatic heterocycles. The Morgan fingerprint density at radius 1 is 0.854 bits per heavy atom. The second kappa shape index (κ2) is 16.6. The van der Waals surface area contributed by atoms with Gasteiger partial charge in [0.15, 0.2) is 6.61 Å². The fourth-order valence-electron chi connectivity index (χ4n) is 4.51. The molecule has 15 heteroatoms. The van der Waals surface area contributed by atoms with Crippen LogP contribution in [0.5, 0.6) is 11.5 Å². The van der Waals surface area contributed by atoms with Gasteiger partial charge in [0.05, 0.1) is 13.2 Å². The second-order valence-electron chi connectivity index (χ2n) is 10.9. The van der Waals surface area contributed by atoms with Crippen LogP contribution in [0.2, 0.25) is 5.02 Å².